The highest BCUT2D eigenvalue weighted by atomic mass is 16.6. The second-order valence-corrected chi connectivity index (χ2v) is 5.71. The Kier molecular flexibility index (Phi) is 4.42. The molecule has 0 aliphatic rings. The second kappa shape index (κ2) is 5.52. The van der Waals surface area contributed by atoms with Gasteiger partial charge >= 0.3 is 6.09 Å². The Morgan fingerprint density at radius 3 is 2.40 bits per heavy atom. The third kappa shape index (κ3) is 3.72. The summed E-state index contributed by atoms with van der Waals surface area (Å²) in [5.74, 6) is -0.557. The van der Waals surface area contributed by atoms with E-state index in [2.05, 4.69) is 5.10 Å². The van der Waals surface area contributed by atoms with E-state index < -0.39 is 17.6 Å². The molecular formula is C13H22N4O3. The first-order chi connectivity index (χ1) is 9.03. The number of hydrogen-bond donors (Lipinski definition) is 1. The van der Waals surface area contributed by atoms with Crippen molar-refractivity contribution in [3.63, 3.8) is 0 Å². The van der Waals surface area contributed by atoms with Crippen LogP contribution in [0.5, 0.6) is 0 Å². The quantitative estimate of drug-likeness (QED) is 0.908. The molecule has 2 amide bonds. The van der Waals surface area contributed by atoms with E-state index in [1.807, 2.05) is 0 Å². The highest BCUT2D eigenvalue weighted by Gasteiger charge is 2.26. The maximum absolute atomic E-state index is 12.0. The molecular weight excluding hydrogens is 260 g/mol. The maximum Gasteiger partial charge on any atom is 0.410 e. The fourth-order valence-corrected chi connectivity index (χ4v) is 1.61. The number of ether oxygens (including phenoxy) is 1. The van der Waals surface area contributed by atoms with Crippen molar-refractivity contribution in [3.8, 4) is 0 Å². The lowest BCUT2D eigenvalue weighted by molar-refractivity contribution is 0.0230. The van der Waals surface area contributed by atoms with E-state index in [-0.39, 0.29) is 6.04 Å². The lowest BCUT2D eigenvalue weighted by atomic mass is 10.2. The third-order valence-corrected chi connectivity index (χ3v) is 2.84. The Bertz CT molecular complexity index is 516. The van der Waals surface area contributed by atoms with Crippen LogP contribution in [0.1, 0.15) is 49.9 Å². The molecule has 0 bridgehead atoms. The average Bonchev–Trinajstić information content (AvgIpc) is 2.67. The molecule has 112 valence electrons. The molecule has 1 aromatic rings. The standard InChI is InChI=1S/C13H22N4O3/c1-8(16(5)12(19)20-13(2,3)4)9-7-10(11(14)18)17(6)15-9/h7-8H,1-6H3,(H2,14,18)/t8-/m1/s1. The van der Waals surface area contributed by atoms with Crippen molar-refractivity contribution in [2.75, 3.05) is 7.05 Å². The molecule has 7 nitrogen and oxygen atoms in total. The molecule has 0 spiro atoms. The predicted octanol–water partition coefficient (Wildman–Crippen LogP) is 1.45. The number of nitrogens with zero attached hydrogens (tertiary/aromatic N) is 3. The number of amides is 2. The number of carbonyl (C=O) groups excluding carboxylic acids is 2. The molecule has 2 N–H and O–H groups in total. The molecule has 0 unspecified atom stereocenters. The number of aromatic nitrogens is 2. The van der Waals surface area contributed by atoms with Gasteiger partial charge in [-0.2, -0.15) is 5.10 Å². The Hall–Kier alpha value is -2.05. The summed E-state index contributed by atoms with van der Waals surface area (Å²) in [4.78, 5) is 24.6. The van der Waals surface area contributed by atoms with Gasteiger partial charge in [-0.05, 0) is 33.8 Å². The highest BCUT2D eigenvalue weighted by molar-refractivity contribution is 5.91. The Morgan fingerprint density at radius 1 is 1.45 bits per heavy atom. The zero-order valence-corrected chi connectivity index (χ0v) is 12.8. The van der Waals surface area contributed by atoms with Crippen LogP contribution in [0.4, 0.5) is 4.79 Å². The Balaban J connectivity index is 2.89. The number of nitrogens with two attached hydrogens (primary N) is 1. The first kappa shape index (κ1) is 16.0. The smallest absolute Gasteiger partial charge is 0.410 e. The molecule has 0 radical (unpaired) electrons. The van der Waals surface area contributed by atoms with E-state index in [9.17, 15) is 9.59 Å². The molecule has 0 aliphatic carbocycles. The maximum atomic E-state index is 12.0. The van der Waals surface area contributed by atoms with Gasteiger partial charge in [0.2, 0.25) is 0 Å². The van der Waals surface area contributed by atoms with Crippen LogP contribution in [0.3, 0.4) is 0 Å². The Morgan fingerprint density at radius 2 is 2.00 bits per heavy atom. The van der Waals surface area contributed by atoms with E-state index in [1.54, 1.807) is 47.9 Å². The minimum atomic E-state index is -0.562. The molecule has 0 aromatic carbocycles. The third-order valence-electron chi connectivity index (χ3n) is 2.84. The number of carbonyl (C=O) groups is 2. The lowest BCUT2D eigenvalue weighted by Crippen LogP contribution is -2.35. The number of aryl methyl sites for hydroxylation is 1. The highest BCUT2D eigenvalue weighted by Crippen LogP contribution is 2.20. The van der Waals surface area contributed by atoms with Gasteiger partial charge in [-0.25, -0.2) is 4.79 Å². The molecule has 0 saturated carbocycles. The summed E-state index contributed by atoms with van der Waals surface area (Å²) in [7, 11) is 3.25. The molecule has 1 aromatic heterocycles. The largest absolute Gasteiger partial charge is 0.444 e. The first-order valence-corrected chi connectivity index (χ1v) is 6.32. The van der Waals surface area contributed by atoms with Crippen molar-refractivity contribution in [2.45, 2.75) is 39.3 Å². The topological polar surface area (TPSA) is 90.5 Å². The zero-order valence-electron chi connectivity index (χ0n) is 12.8. The summed E-state index contributed by atoms with van der Waals surface area (Å²) in [6, 6.07) is 1.25. The van der Waals surface area contributed by atoms with E-state index >= 15 is 0 Å². The van der Waals surface area contributed by atoms with Crippen molar-refractivity contribution in [3.05, 3.63) is 17.5 Å². The van der Waals surface area contributed by atoms with Gasteiger partial charge < -0.3 is 15.4 Å². The second-order valence-electron chi connectivity index (χ2n) is 5.71. The average molecular weight is 282 g/mol. The van der Waals surface area contributed by atoms with Gasteiger partial charge in [-0.3, -0.25) is 9.48 Å². The summed E-state index contributed by atoms with van der Waals surface area (Å²) >= 11 is 0. The molecule has 0 saturated heterocycles. The molecule has 7 heteroatoms. The van der Waals surface area contributed by atoms with Crippen LogP contribution < -0.4 is 5.73 Å². The van der Waals surface area contributed by atoms with Crippen molar-refractivity contribution in [1.82, 2.24) is 14.7 Å². The van der Waals surface area contributed by atoms with Crippen LogP contribution in [-0.2, 0) is 11.8 Å². The van der Waals surface area contributed by atoms with Crippen molar-refractivity contribution >= 4 is 12.0 Å². The normalized spacial score (nSPS) is 12.9. The molecule has 20 heavy (non-hydrogen) atoms. The number of primary amides is 1. The minimum absolute atomic E-state index is 0.296. The zero-order chi connectivity index (χ0) is 15.7. The van der Waals surface area contributed by atoms with Gasteiger partial charge in [-0.15, -0.1) is 0 Å². The molecule has 1 rings (SSSR count). The van der Waals surface area contributed by atoms with Gasteiger partial charge in [-0.1, -0.05) is 0 Å². The lowest BCUT2D eigenvalue weighted by Gasteiger charge is -2.27. The summed E-state index contributed by atoms with van der Waals surface area (Å²) in [6.45, 7) is 7.21. The SMILES string of the molecule is C[C@H](c1cc(C(N)=O)n(C)n1)N(C)C(=O)OC(C)(C)C. The van der Waals surface area contributed by atoms with Crippen LogP contribution in [-0.4, -0.2) is 39.3 Å². The minimum Gasteiger partial charge on any atom is -0.444 e. The molecule has 0 fully saturated rings. The predicted molar refractivity (Wildman–Crippen MR) is 74.1 cm³/mol. The van der Waals surface area contributed by atoms with Crippen LogP contribution in [0, 0.1) is 0 Å². The number of hydrogen-bond acceptors (Lipinski definition) is 4. The fraction of sp³-hybridized carbons (Fsp3) is 0.615. The van der Waals surface area contributed by atoms with E-state index in [4.69, 9.17) is 10.5 Å². The van der Waals surface area contributed by atoms with Crippen LogP contribution in [0.25, 0.3) is 0 Å². The van der Waals surface area contributed by atoms with E-state index in [0.29, 0.717) is 11.4 Å². The molecule has 1 heterocycles. The summed E-state index contributed by atoms with van der Waals surface area (Å²) < 4.78 is 6.69. The van der Waals surface area contributed by atoms with E-state index in [1.165, 1.54) is 9.58 Å². The van der Waals surface area contributed by atoms with E-state index in [0.717, 1.165) is 0 Å². The first-order valence-electron chi connectivity index (χ1n) is 6.32. The van der Waals surface area contributed by atoms with Crippen molar-refractivity contribution < 1.29 is 14.3 Å². The number of rotatable bonds is 3. The summed E-state index contributed by atoms with van der Waals surface area (Å²) in [6.07, 6.45) is -0.448. The van der Waals surface area contributed by atoms with Gasteiger partial charge in [0.25, 0.3) is 5.91 Å². The summed E-state index contributed by atoms with van der Waals surface area (Å²) in [5, 5.41) is 4.20. The van der Waals surface area contributed by atoms with Crippen LogP contribution >= 0.6 is 0 Å². The Labute approximate surface area is 118 Å². The van der Waals surface area contributed by atoms with Crippen molar-refractivity contribution in [2.24, 2.45) is 12.8 Å². The molecule has 1 atom stereocenters. The van der Waals surface area contributed by atoms with Crippen LogP contribution in [0.15, 0.2) is 6.07 Å². The van der Waals surface area contributed by atoms with Gasteiger partial charge in [0, 0.05) is 14.1 Å². The fourth-order valence-electron chi connectivity index (χ4n) is 1.61. The van der Waals surface area contributed by atoms with Crippen LogP contribution in [0.2, 0.25) is 0 Å². The monoisotopic (exact) mass is 282 g/mol. The summed E-state index contributed by atoms with van der Waals surface area (Å²) in [5.41, 5.74) is 5.55. The molecule has 0 aliphatic heterocycles. The van der Waals surface area contributed by atoms with Gasteiger partial charge in [0.1, 0.15) is 11.3 Å². The van der Waals surface area contributed by atoms with Crippen molar-refractivity contribution in [1.29, 1.82) is 0 Å². The van der Waals surface area contributed by atoms with Gasteiger partial charge in [0.05, 0.1) is 11.7 Å². The van der Waals surface area contributed by atoms with Gasteiger partial charge in [0.15, 0.2) is 0 Å².